The summed E-state index contributed by atoms with van der Waals surface area (Å²) >= 11 is 5.11. The van der Waals surface area contributed by atoms with E-state index >= 15 is 0 Å². The van der Waals surface area contributed by atoms with Gasteiger partial charge in [0.1, 0.15) is 11.6 Å². The molecule has 6 heteroatoms. The minimum atomic E-state index is -0.489. The van der Waals surface area contributed by atoms with Gasteiger partial charge in [0.25, 0.3) is 0 Å². The van der Waals surface area contributed by atoms with Crippen LogP contribution in [-0.4, -0.2) is 19.9 Å². The number of aromatic amines is 1. The third-order valence-electron chi connectivity index (χ3n) is 2.42. The lowest BCUT2D eigenvalue weighted by Gasteiger charge is -2.11. The Bertz CT molecular complexity index is 603. The van der Waals surface area contributed by atoms with Crippen molar-refractivity contribution >= 4 is 12.2 Å². The maximum atomic E-state index is 12.9. The topological polar surface area (TPSA) is 53.8 Å². The summed E-state index contributed by atoms with van der Waals surface area (Å²) < 4.78 is 15.1. The van der Waals surface area contributed by atoms with E-state index in [0.29, 0.717) is 16.2 Å². The zero-order chi connectivity index (χ0) is 12.6. The van der Waals surface area contributed by atoms with Crippen molar-refractivity contribution < 1.29 is 9.50 Å². The molecule has 1 aromatic carbocycles. The highest BCUT2D eigenvalue weighted by Gasteiger charge is 2.15. The van der Waals surface area contributed by atoms with Crippen LogP contribution in [0.2, 0.25) is 0 Å². The van der Waals surface area contributed by atoms with E-state index in [0.717, 1.165) is 6.07 Å². The number of hydrogen-bond acceptors (Lipinski definition) is 3. The Labute approximate surface area is 103 Å². The Morgan fingerprint density at radius 1 is 1.47 bits per heavy atom. The third kappa shape index (κ3) is 2.08. The first kappa shape index (κ1) is 11.8. The molecule has 0 radical (unpaired) electrons. The van der Waals surface area contributed by atoms with Crippen molar-refractivity contribution in [2.75, 3.05) is 0 Å². The molecule has 2 aromatic rings. The van der Waals surface area contributed by atoms with E-state index in [1.54, 1.807) is 4.57 Å². The molecular weight excluding hydrogens is 241 g/mol. The second-order valence-corrected chi connectivity index (χ2v) is 4.36. The molecule has 0 spiro atoms. The summed E-state index contributed by atoms with van der Waals surface area (Å²) in [6.45, 7) is 3.91. The quantitative estimate of drug-likeness (QED) is 0.809. The van der Waals surface area contributed by atoms with Crippen LogP contribution in [0.4, 0.5) is 4.39 Å². The predicted molar refractivity (Wildman–Crippen MR) is 64.9 cm³/mol. The van der Waals surface area contributed by atoms with Crippen molar-refractivity contribution in [1.82, 2.24) is 14.8 Å². The number of benzene rings is 1. The molecule has 0 aliphatic heterocycles. The van der Waals surface area contributed by atoms with Crippen LogP contribution in [0.5, 0.6) is 5.75 Å². The highest BCUT2D eigenvalue weighted by molar-refractivity contribution is 7.71. The number of rotatable bonds is 2. The minimum Gasteiger partial charge on any atom is -0.507 e. The Balaban J connectivity index is 2.65. The molecule has 1 heterocycles. The molecule has 4 nitrogen and oxygen atoms in total. The van der Waals surface area contributed by atoms with Crippen molar-refractivity contribution in [3.63, 3.8) is 0 Å². The molecule has 90 valence electrons. The van der Waals surface area contributed by atoms with E-state index in [4.69, 9.17) is 12.2 Å². The maximum absolute atomic E-state index is 12.9. The van der Waals surface area contributed by atoms with Crippen LogP contribution in [0.15, 0.2) is 18.2 Å². The number of hydrogen-bond donors (Lipinski definition) is 2. The number of phenolic OH excluding ortho intramolecular Hbond substituents is 1. The number of nitrogens with one attached hydrogen (secondary N) is 1. The fourth-order valence-corrected chi connectivity index (χ4v) is 2.01. The van der Waals surface area contributed by atoms with Gasteiger partial charge < -0.3 is 5.11 Å². The summed E-state index contributed by atoms with van der Waals surface area (Å²) in [6, 6.07) is 3.91. The Kier molecular flexibility index (Phi) is 2.97. The van der Waals surface area contributed by atoms with Crippen LogP contribution in [0.25, 0.3) is 11.4 Å². The average Bonchev–Trinajstić information content (AvgIpc) is 2.60. The fourth-order valence-electron chi connectivity index (χ4n) is 1.67. The summed E-state index contributed by atoms with van der Waals surface area (Å²) in [7, 11) is 0. The van der Waals surface area contributed by atoms with Gasteiger partial charge in [0.05, 0.1) is 5.56 Å². The first-order valence-electron chi connectivity index (χ1n) is 5.16. The van der Waals surface area contributed by atoms with Crippen molar-refractivity contribution in [3.8, 4) is 17.1 Å². The van der Waals surface area contributed by atoms with Crippen LogP contribution < -0.4 is 0 Å². The summed E-state index contributed by atoms with van der Waals surface area (Å²) in [6.07, 6.45) is 0. The number of aromatic hydroxyl groups is 1. The van der Waals surface area contributed by atoms with E-state index < -0.39 is 5.82 Å². The Morgan fingerprint density at radius 3 is 2.76 bits per heavy atom. The van der Waals surface area contributed by atoms with Gasteiger partial charge in [0.15, 0.2) is 10.6 Å². The SMILES string of the molecule is CC(C)n1c(-c2ccc(F)cc2O)n[nH]c1=S. The lowest BCUT2D eigenvalue weighted by atomic mass is 10.1. The highest BCUT2D eigenvalue weighted by atomic mass is 32.1. The second-order valence-electron chi connectivity index (χ2n) is 3.98. The van der Waals surface area contributed by atoms with E-state index in [2.05, 4.69) is 10.2 Å². The summed E-state index contributed by atoms with van der Waals surface area (Å²) in [5.74, 6) is -0.139. The zero-order valence-corrected chi connectivity index (χ0v) is 10.3. The van der Waals surface area contributed by atoms with Gasteiger partial charge in [0, 0.05) is 12.1 Å². The number of aromatic nitrogens is 3. The molecule has 0 saturated carbocycles. The lowest BCUT2D eigenvalue weighted by molar-refractivity contribution is 0.469. The van der Waals surface area contributed by atoms with E-state index in [-0.39, 0.29) is 11.8 Å². The molecule has 2 N–H and O–H groups in total. The molecule has 0 amide bonds. The maximum Gasteiger partial charge on any atom is 0.195 e. The molecule has 0 aliphatic carbocycles. The monoisotopic (exact) mass is 253 g/mol. The normalized spacial score (nSPS) is 11.1. The second kappa shape index (κ2) is 4.29. The van der Waals surface area contributed by atoms with Crippen molar-refractivity contribution in [1.29, 1.82) is 0 Å². The van der Waals surface area contributed by atoms with Crippen molar-refractivity contribution in [2.24, 2.45) is 0 Å². The zero-order valence-electron chi connectivity index (χ0n) is 9.44. The van der Waals surface area contributed by atoms with Crippen molar-refractivity contribution in [2.45, 2.75) is 19.9 Å². The number of phenols is 1. The van der Waals surface area contributed by atoms with Gasteiger partial charge in [-0.2, -0.15) is 5.10 Å². The Morgan fingerprint density at radius 2 is 2.18 bits per heavy atom. The molecule has 0 bridgehead atoms. The molecule has 17 heavy (non-hydrogen) atoms. The smallest absolute Gasteiger partial charge is 0.195 e. The number of halogens is 1. The van der Waals surface area contributed by atoms with Gasteiger partial charge in [-0.15, -0.1) is 0 Å². The molecule has 0 fully saturated rings. The first-order valence-corrected chi connectivity index (χ1v) is 5.57. The molecule has 0 aliphatic rings. The molecule has 2 rings (SSSR count). The standard InChI is InChI=1S/C11H12FN3OS/c1-6(2)15-10(13-14-11(15)17)8-4-3-7(12)5-9(8)16/h3-6,16H,1-2H3,(H,14,17). The van der Waals surface area contributed by atoms with E-state index in [1.165, 1.54) is 12.1 Å². The summed E-state index contributed by atoms with van der Waals surface area (Å²) in [5, 5.41) is 16.4. The van der Waals surface area contributed by atoms with Gasteiger partial charge in [-0.3, -0.25) is 9.67 Å². The average molecular weight is 253 g/mol. The molecule has 0 atom stereocenters. The van der Waals surface area contributed by atoms with Gasteiger partial charge in [-0.1, -0.05) is 0 Å². The van der Waals surface area contributed by atoms with Crippen LogP contribution >= 0.6 is 12.2 Å². The van der Waals surface area contributed by atoms with Crippen LogP contribution in [0.3, 0.4) is 0 Å². The van der Waals surface area contributed by atoms with Gasteiger partial charge >= 0.3 is 0 Å². The van der Waals surface area contributed by atoms with Crippen molar-refractivity contribution in [3.05, 3.63) is 28.8 Å². The third-order valence-corrected chi connectivity index (χ3v) is 2.71. The summed E-state index contributed by atoms with van der Waals surface area (Å²) in [5.41, 5.74) is 0.451. The first-order chi connectivity index (χ1) is 8.00. The fraction of sp³-hybridized carbons (Fsp3) is 0.273. The molecule has 0 unspecified atom stereocenters. The van der Waals surface area contributed by atoms with Crippen LogP contribution in [-0.2, 0) is 0 Å². The molecular formula is C11H12FN3OS. The molecule has 0 saturated heterocycles. The minimum absolute atomic E-state index is 0.0979. The highest BCUT2D eigenvalue weighted by Crippen LogP contribution is 2.29. The number of nitrogens with zero attached hydrogens (tertiary/aromatic N) is 2. The van der Waals surface area contributed by atoms with E-state index in [9.17, 15) is 9.50 Å². The largest absolute Gasteiger partial charge is 0.507 e. The number of H-pyrrole nitrogens is 1. The van der Waals surface area contributed by atoms with Gasteiger partial charge in [-0.25, -0.2) is 4.39 Å². The Hall–Kier alpha value is -1.69. The summed E-state index contributed by atoms with van der Waals surface area (Å²) in [4.78, 5) is 0. The van der Waals surface area contributed by atoms with Crippen LogP contribution in [0, 0.1) is 10.6 Å². The van der Waals surface area contributed by atoms with Crippen LogP contribution in [0.1, 0.15) is 19.9 Å². The van der Waals surface area contributed by atoms with E-state index in [1.807, 2.05) is 13.8 Å². The van der Waals surface area contributed by atoms with Gasteiger partial charge in [0.2, 0.25) is 0 Å². The van der Waals surface area contributed by atoms with Gasteiger partial charge in [-0.05, 0) is 38.2 Å². The lowest BCUT2D eigenvalue weighted by Crippen LogP contribution is -2.03. The predicted octanol–water partition coefficient (Wildman–Crippen LogP) is 3.03. The molecule has 1 aromatic heterocycles.